The Labute approximate surface area is 178 Å². The van der Waals surface area contributed by atoms with E-state index in [9.17, 15) is 17.6 Å². The summed E-state index contributed by atoms with van der Waals surface area (Å²) in [5.74, 6) is -0.834. The third-order valence-electron chi connectivity index (χ3n) is 4.05. The Balaban J connectivity index is 1.62. The molecule has 1 atom stereocenters. The molecule has 1 amide bonds. The lowest BCUT2D eigenvalue weighted by molar-refractivity contribution is -0.116. The fraction of sp³-hybridized carbons (Fsp3) is 0.100. The molecular weight excluding hydrogens is 431 g/mol. The fourth-order valence-corrected chi connectivity index (χ4v) is 3.72. The van der Waals surface area contributed by atoms with Crippen LogP contribution >= 0.6 is 11.6 Å². The zero-order chi connectivity index (χ0) is 21.7. The molecule has 30 heavy (non-hydrogen) atoms. The quantitative estimate of drug-likeness (QED) is 0.472. The average Bonchev–Trinajstić information content (AvgIpc) is 2.71. The highest BCUT2D eigenvalue weighted by Crippen LogP contribution is 2.20. The summed E-state index contributed by atoms with van der Waals surface area (Å²) in [7, 11) is -3.84. The monoisotopic (exact) mass is 448 g/mol. The predicted molar refractivity (Wildman–Crippen MR) is 115 cm³/mol. The molecule has 3 rings (SSSR count). The van der Waals surface area contributed by atoms with Crippen LogP contribution in [-0.2, 0) is 14.8 Å². The van der Waals surface area contributed by atoms with Crippen LogP contribution in [0.3, 0.4) is 0 Å². The minimum Gasteiger partial charge on any atom is -0.374 e. The van der Waals surface area contributed by atoms with Crippen molar-refractivity contribution in [3.8, 4) is 0 Å². The first-order valence-electron chi connectivity index (χ1n) is 8.81. The van der Waals surface area contributed by atoms with Crippen LogP contribution in [-0.4, -0.2) is 25.4 Å². The summed E-state index contributed by atoms with van der Waals surface area (Å²) < 4.78 is 40.1. The van der Waals surface area contributed by atoms with E-state index in [4.69, 9.17) is 11.6 Å². The van der Waals surface area contributed by atoms with Crippen LogP contribution in [0.4, 0.5) is 21.5 Å². The minimum atomic E-state index is -3.84. The van der Waals surface area contributed by atoms with Gasteiger partial charge < -0.3 is 10.6 Å². The standard InChI is InChI=1S/C20H18ClFN4O3S/c1-13(20(27)25-18-3-2-12-23-19(18)21)24-15-6-8-16(9-7-15)26-30(28,29)17-10-4-14(22)5-11-17/h2-13,24,26H,1H3,(H,25,27)/t13-/m1/s1. The van der Waals surface area contributed by atoms with Gasteiger partial charge in [-0.05, 0) is 67.6 Å². The first-order chi connectivity index (χ1) is 14.2. The van der Waals surface area contributed by atoms with Crippen molar-refractivity contribution in [3.05, 3.63) is 77.8 Å². The summed E-state index contributed by atoms with van der Waals surface area (Å²) in [5.41, 5.74) is 1.34. The van der Waals surface area contributed by atoms with Crippen LogP contribution in [0, 0.1) is 5.82 Å². The van der Waals surface area contributed by atoms with Gasteiger partial charge in [0.1, 0.15) is 11.9 Å². The summed E-state index contributed by atoms with van der Waals surface area (Å²) >= 11 is 5.93. The molecule has 0 fully saturated rings. The molecule has 2 aromatic carbocycles. The molecule has 0 saturated carbocycles. The first-order valence-corrected chi connectivity index (χ1v) is 10.7. The number of carbonyl (C=O) groups excluding carboxylic acids is 1. The summed E-state index contributed by atoms with van der Waals surface area (Å²) in [6, 6.07) is 13.6. The number of benzene rings is 2. The van der Waals surface area contributed by atoms with E-state index in [1.54, 1.807) is 43.3 Å². The largest absolute Gasteiger partial charge is 0.374 e. The van der Waals surface area contributed by atoms with Gasteiger partial charge in [0.15, 0.2) is 5.15 Å². The Bertz CT molecular complexity index is 1140. The first kappa shape index (κ1) is 21.5. The van der Waals surface area contributed by atoms with Gasteiger partial charge in [-0.3, -0.25) is 9.52 Å². The summed E-state index contributed by atoms with van der Waals surface area (Å²) in [6.45, 7) is 1.67. The number of anilines is 3. The van der Waals surface area contributed by atoms with E-state index in [-0.39, 0.29) is 16.0 Å². The third kappa shape index (κ3) is 5.46. The van der Waals surface area contributed by atoms with Gasteiger partial charge in [0.05, 0.1) is 10.6 Å². The van der Waals surface area contributed by atoms with Gasteiger partial charge in [-0.15, -0.1) is 0 Å². The SMILES string of the molecule is C[C@@H](Nc1ccc(NS(=O)(=O)c2ccc(F)cc2)cc1)C(=O)Nc1cccnc1Cl. The lowest BCUT2D eigenvalue weighted by Gasteiger charge is -2.16. The smallest absolute Gasteiger partial charge is 0.261 e. The van der Waals surface area contributed by atoms with Gasteiger partial charge in [-0.25, -0.2) is 17.8 Å². The van der Waals surface area contributed by atoms with Crippen molar-refractivity contribution in [2.45, 2.75) is 17.9 Å². The number of rotatable bonds is 7. The van der Waals surface area contributed by atoms with Crippen molar-refractivity contribution in [2.24, 2.45) is 0 Å². The highest BCUT2D eigenvalue weighted by atomic mass is 35.5. The molecule has 1 aromatic heterocycles. The van der Waals surface area contributed by atoms with Crippen LogP contribution in [0.25, 0.3) is 0 Å². The normalized spacial score (nSPS) is 12.1. The number of sulfonamides is 1. The number of carbonyl (C=O) groups is 1. The number of pyridine rings is 1. The molecule has 0 bridgehead atoms. The van der Waals surface area contributed by atoms with Crippen LogP contribution in [0.5, 0.6) is 0 Å². The minimum absolute atomic E-state index is 0.0505. The topological polar surface area (TPSA) is 100 Å². The molecule has 0 unspecified atom stereocenters. The number of aromatic nitrogens is 1. The van der Waals surface area contributed by atoms with Gasteiger partial charge in [-0.1, -0.05) is 11.6 Å². The van der Waals surface area contributed by atoms with Gasteiger partial charge in [-0.2, -0.15) is 0 Å². The summed E-state index contributed by atoms with van der Waals surface area (Å²) in [4.78, 5) is 16.2. The maximum absolute atomic E-state index is 13.0. The Hall–Kier alpha value is -3.17. The molecule has 3 aromatic rings. The Morgan fingerprint density at radius 1 is 1.03 bits per heavy atom. The summed E-state index contributed by atoms with van der Waals surface area (Å²) in [6.07, 6.45) is 1.52. The molecular formula is C20H18ClFN4O3S. The second-order valence-electron chi connectivity index (χ2n) is 6.33. The highest BCUT2D eigenvalue weighted by Gasteiger charge is 2.16. The number of amides is 1. The number of hydrogen-bond acceptors (Lipinski definition) is 5. The van der Waals surface area contributed by atoms with Crippen LogP contribution in [0.2, 0.25) is 5.15 Å². The zero-order valence-electron chi connectivity index (χ0n) is 15.8. The second-order valence-corrected chi connectivity index (χ2v) is 8.37. The molecule has 7 nitrogen and oxygen atoms in total. The molecule has 3 N–H and O–H groups in total. The Morgan fingerprint density at radius 2 is 1.67 bits per heavy atom. The van der Waals surface area contributed by atoms with Crippen LogP contribution < -0.4 is 15.4 Å². The van der Waals surface area contributed by atoms with E-state index in [1.165, 1.54) is 18.3 Å². The molecule has 1 heterocycles. The third-order valence-corrected chi connectivity index (χ3v) is 5.75. The number of halogens is 2. The van der Waals surface area contributed by atoms with E-state index in [0.717, 1.165) is 12.1 Å². The summed E-state index contributed by atoms with van der Waals surface area (Å²) in [5, 5.41) is 5.89. The molecule has 10 heteroatoms. The number of nitrogens with one attached hydrogen (secondary N) is 3. The van der Waals surface area contributed by atoms with E-state index in [1.807, 2.05) is 0 Å². The fourth-order valence-electron chi connectivity index (χ4n) is 2.50. The Kier molecular flexibility index (Phi) is 6.53. The van der Waals surface area contributed by atoms with Gasteiger partial charge >= 0.3 is 0 Å². The average molecular weight is 449 g/mol. The molecule has 0 saturated heterocycles. The van der Waals surface area contributed by atoms with Crippen molar-refractivity contribution < 1.29 is 17.6 Å². The maximum Gasteiger partial charge on any atom is 0.261 e. The molecule has 0 aliphatic rings. The molecule has 0 aliphatic carbocycles. The molecule has 0 radical (unpaired) electrons. The van der Waals surface area contributed by atoms with Crippen molar-refractivity contribution >= 4 is 44.6 Å². The van der Waals surface area contributed by atoms with Gasteiger partial charge in [0, 0.05) is 17.6 Å². The van der Waals surface area contributed by atoms with E-state index in [0.29, 0.717) is 17.1 Å². The van der Waals surface area contributed by atoms with E-state index >= 15 is 0 Å². The number of hydrogen-bond donors (Lipinski definition) is 3. The molecule has 0 spiro atoms. The zero-order valence-corrected chi connectivity index (χ0v) is 17.3. The van der Waals surface area contributed by atoms with Crippen LogP contribution in [0.1, 0.15) is 6.92 Å². The lowest BCUT2D eigenvalue weighted by atomic mass is 10.2. The molecule has 0 aliphatic heterocycles. The van der Waals surface area contributed by atoms with Gasteiger partial charge in [0.2, 0.25) is 5.91 Å². The van der Waals surface area contributed by atoms with Crippen molar-refractivity contribution in [3.63, 3.8) is 0 Å². The van der Waals surface area contributed by atoms with Crippen LogP contribution in [0.15, 0.2) is 71.8 Å². The second kappa shape index (κ2) is 9.10. The van der Waals surface area contributed by atoms with Crippen molar-refractivity contribution in [1.82, 2.24) is 4.98 Å². The number of nitrogens with zero attached hydrogens (tertiary/aromatic N) is 1. The van der Waals surface area contributed by atoms with Gasteiger partial charge in [0.25, 0.3) is 10.0 Å². The van der Waals surface area contributed by atoms with E-state index in [2.05, 4.69) is 20.3 Å². The molecule has 156 valence electrons. The lowest BCUT2D eigenvalue weighted by Crippen LogP contribution is -2.32. The Morgan fingerprint density at radius 3 is 2.30 bits per heavy atom. The van der Waals surface area contributed by atoms with E-state index < -0.39 is 21.9 Å². The van der Waals surface area contributed by atoms with Crippen molar-refractivity contribution in [2.75, 3.05) is 15.4 Å². The predicted octanol–water partition coefficient (Wildman–Crippen LogP) is 4.11. The maximum atomic E-state index is 13.0. The highest BCUT2D eigenvalue weighted by molar-refractivity contribution is 7.92. The van der Waals surface area contributed by atoms with Crippen molar-refractivity contribution in [1.29, 1.82) is 0 Å².